The van der Waals surface area contributed by atoms with Crippen LogP contribution >= 0.6 is 11.8 Å². The van der Waals surface area contributed by atoms with Crippen LogP contribution in [0.3, 0.4) is 0 Å². The Labute approximate surface area is 151 Å². The van der Waals surface area contributed by atoms with Crippen molar-refractivity contribution in [1.29, 1.82) is 0 Å². The first-order chi connectivity index (χ1) is 12.2. The fourth-order valence-corrected chi connectivity index (χ4v) is 3.28. The Kier molecular flexibility index (Phi) is 4.32. The van der Waals surface area contributed by atoms with E-state index in [0.717, 1.165) is 34.2 Å². The minimum Gasteiger partial charge on any atom is -0.489 e. The average molecular weight is 350 g/mol. The number of carbonyl (C=O) groups is 1. The summed E-state index contributed by atoms with van der Waals surface area (Å²) in [4.78, 5) is 12.7. The number of ether oxygens (including phenoxy) is 1. The molecule has 1 saturated heterocycles. The highest BCUT2D eigenvalue weighted by Crippen LogP contribution is 2.26. The van der Waals surface area contributed by atoms with Crippen molar-refractivity contribution < 1.29 is 9.53 Å². The van der Waals surface area contributed by atoms with Crippen molar-refractivity contribution in [2.24, 2.45) is 5.10 Å². The second kappa shape index (κ2) is 6.76. The van der Waals surface area contributed by atoms with Crippen LogP contribution in [-0.2, 0) is 4.79 Å². The number of hydrazone groups is 1. The first-order valence-corrected chi connectivity index (χ1v) is 9.37. The summed E-state index contributed by atoms with van der Waals surface area (Å²) < 4.78 is 5.85. The lowest BCUT2D eigenvalue weighted by molar-refractivity contribution is -0.114. The normalized spacial score (nSPS) is 19.1. The summed E-state index contributed by atoms with van der Waals surface area (Å²) in [5.74, 6) is 2.90. The predicted octanol–water partition coefficient (Wildman–Crippen LogP) is 3.99. The topological polar surface area (TPSA) is 41.9 Å². The molecular weight excluding hydrogens is 332 g/mol. The van der Waals surface area contributed by atoms with Gasteiger partial charge in [-0.25, -0.2) is 0 Å². The lowest BCUT2D eigenvalue weighted by atomic mass is 10.1. The highest BCUT2D eigenvalue weighted by Gasteiger charge is 2.28. The number of rotatable bonds is 4. The van der Waals surface area contributed by atoms with E-state index in [9.17, 15) is 4.79 Å². The SMILES string of the molecule is CC1=NN(c2ccccc2)C(=O)C1=Cc1ccc(OC2CSC2)cc1. The average Bonchev–Trinajstić information content (AvgIpc) is 2.88. The van der Waals surface area contributed by atoms with Gasteiger partial charge in [0.05, 0.1) is 17.0 Å². The predicted molar refractivity (Wildman–Crippen MR) is 103 cm³/mol. The molecule has 0 unspecified atom stereocenters. The number of carbonyl (C=O) groups excluding carboxylic acids is 1. The summed E-state index contributed by atoms with van der Waals surface area (Å²) >= 11 is 1.90. The highest BCUT2D eigenvalue weighted by atomic mass is 32.2. The van der Waals surface area contributed by atoms with Crippen molar-refractivity contribution in [1.82, 2.24) is 0 Å². The van der Waals surface area contributed by atoms with Crippen molar-refractivity contribution in [3.8, 4) is 5.75 Å². The van der Waals surface area contributed by atoms with E-state index in [1.165, 1.54) is 5.01 Å². The lowest BCUT2D eigenvalue weighted by Gasteiger charge is -2.25. The Balaban J connectivity index is 1.53. The Morgan fingerprint density at radius 2 is 1.84 bits per heavy atom. The molecule has 0 radical (unpaired) electrons. The van der Waals surface area contributed by atoms with Crippen molar-refractivity contribution in [2.45, 2.75) is 13.0 Å². The zero-order valence-corrected chi connectivity index (χ0v) is 14.7. The van der Waals surface area contributed by atoms with Crippen LogP contribution in [0.15, 0.2) is 65.3 Å². The third-order valence-electron chi connectivity index (χ3n) is 4.16. The van der Waals surface area contributed by atoms with E-state index >= 15 is 0 Å². The van der Waals surface area contributed by atoms with Crippen molar-refractivity contribution in [3.63, 3.8) is 0 Å². The molecule has 0 N–H and O–H groups in total. The molecule has 0 spiro atoms. The van der Waals surface area contributed by atoms with Crippen molar-refractivity contribution in [2.75, 3.05) is 16.5 Å². The molecule has 4 rings (SSSR count). The van der Waals surface area contributed by atoms with E-state index in [0.29, 0.717) is 11.7 Å². The number of anilines is 1. The summed E-state index contributed by atoms with van der Waals surface area (Å²) in [6, 6.07) is 17.3. The Morgan fingerprint density at radius 3 is 2.48 bits per heavy atom. The number of hydrogen-bond donors (Lipinski definition) is 0. The molecule has 2 aromatic rings. The maximum Gasteiger partial charge on any atom is 0.280 e. The summed E-state index contributed by atoms with van der Waals surface area (Å²) in [5.41, 5.74) is 3.08. The second-order valence-electron chi connectivity index (χ2n) is 6.04. The van der Waals surface area contributed by atoms with E-state index in [4.69, 9.17) is 4.74 Å². The Hall–Kier alpha value is -2.53. The zero-order valence-electron chi connectivity index (χ0n) is 13.9. The van der Waals surface area contributed by atoms with Gasteiger partial charge >= 0.3 is 0 Å². The van der Waals surface area contributed by atoms with Crippen molar-refractivity contribution >= 4 is 35.1 Å². The van der Waals surface area contributed by atoms with Crippen LogP contribution in [0.1, 0.15) is 12.5 Å². The molecule has 0 atom stereocenters. The molecule has 0 aliphatic carbocycles. The smallest absolute Gasteiger partial charge is 0.280 e. The van der Waals surface area contributed by atoms with Crippen LogP contribution < -0.4 is 9.75 Å². The minimum atomic E-state index is -0.101. The van der Waals surface area contributed by atoms with Gasteiger partial charge in [-0.3, -0.25) is 4.79 Å². The third kappa shape index (κ3) is 3.33. The summed E-state index contributed by atoms with van der Waals surface area (Å²) in [6.45, 7) is 1.86. The summed E-state index contributed by atoms with van der Waals surface area (Å²) in [7, 11) is 0. The monoisotopic (exact) mass is 350 g/mol. The third-order valence-corrected chi connectivity index (χ3v) is 5.38. The molecule has 126 valence electrons. The van der Waals surface area contributed by atoms with Crippen molar-refractivity contribution in [3.05, 3.63) is 65.7 Å². The molecule has 2 aliphatic heterocycles. The van der Waals surface area contributed by atoms with Gasteiger partial charge in [-0.2, -0.15) is 21.9 Å². The lowest BCUT2D eigenvalue weighted by Crippen LogP contribution is -2.30. The molecule has 25 heavy (non-hydrogen) atoms. The number of hydrogen-bond acceptors (Lipinski definition) is 4. The van der Waals surface area contributed by atoms with Gasteiger partial charge in [-0.1, -0.05) is 30.3 Å². The van der Waals surface area contributed by atoms with Gasteiger partial charge in [0, 0.05) is 11.5 Å². The summed E-state index contributed by atoms with van der Waals surface area (Å²) in [5, 5.41) is 5.85. The fraction of sp³-hybridized carbons (Fsp3) is 0.200. The van der Waals surface area contributed by atoms with Crippen LogP contribution in [0.5, 0.6) is 5.75 Å². The highest BCUT2D eigenvalue weighted by molar-refractivity contribution is 8.00. The van der Waals surface area contributed by atoms with E-state index in [1.807, 2.05) is 79.4 Å². The molecule has 2 heterocycles. The second-order valence-corrected chi connectivity index (χ2v) is 7.12. The van der Waals surface area contributed by atoms with E-state index in [-0.39, 0.29) is 5.91 Å². The number of para-hydroxylation sites is 1. The maximum atomic E-state index is 12.7. The fourth-order valence-electron chi connectivity index (χ4n) is 2.71. The first-order valence-electron chi connectivity index (χ1n) is 8.22. The Bertz CT molecular complexity index is 840. The first kappa shape index (κ1) is 16.0. The largest absolute Gasteiger partial charge is 0.489 e. The van der Waals surface area contributed by atoms with E-state index in [2.05, 4.69) is 5.10 Å². The van der Waals surface area contributed by atoms with Gasteiger partial charge in [0.1, 0.15) is 11.9 Å². The van der Waals surface area contributed by atoms with Crippen LogP contribution in [-0.4, -0.2) is 29.2 Å². The molecule has 2 aliphatic rings. The molecule has 0 aromatic heterocycles. The van der Waals surface area contributed by atoms with Crippen LogP contribution in [0, 0.1) is 0 Å². The standard InChI is InChI=1S/C20H18N2O2S/c1-14-19(20(23)22(21-14)16-5-3-2-4-6-16)11-15-7-9-17(10-8-15)24-18-12-25-13-18/h2-11,18H,12-13H2,1H3. The maximum absolute atomic E-state index is 12.7. The van der Waals surface area contributed by atoms with Crippen LogP contribution in [0.4, 0.5) is 5.69 Å². The molecule has 2 aromatic carbocycles. The van der Waals surface area contributed by atoms with Gasteiger partial charge in [0.2, 0.25) is 0 Å². The van der Waals surface area contributed by atoms with Gasteiger partial charge in [0.25, 0.3) is 5.91 Å². The quantitative estimate of drug-likeness (QED) is 0.783. The molecule has 1 amide bonds. The number of thioether (sulfide) groups is 1. The van der Waals surface area contributed by atoms with Gasteiger partial charge in [-0.15, -0.1) is 0 Å². The van der Waals surface area contributed by atoms with Gasteiger partial charge in [-0.05, 0) is 42.8 Å². The zero-order chi connectivity index (χ0) is 17.2. The molecule has 5 heteroatoms. The summed E-state index contributed by atoms with van der Waals surface area (Å²) in [6.07, 6.45) is 2.21. The van der Waals surface area contributed by atoms with Crippen LogP contribution in [0.2, 0.25) is 0 Å². The van der Waals surface area contributed by atoms with E-state index < -0.39 is 0 Å². The number of benzene rings is 2. The molecule has 1 fully saturated rings. The Morgan fingerprint density at radius 1 is 1.12 bits per heavy atom. The van der Waals surface area contributed by atoms with Crippen LogP contribution in [0.25, 0.3) is 6.08 Å². The molecule has 4 nitrogen and oxygen atoms in total. The van der Waals surface area contributed by atoms with Gasteiger partial charge < -0.3 is 4.74 Å². The number of nitrogens with zero attached hydrogens (tertiary/aromatic N) is 2. The number of amides is 1. The minimum absolute atomic E-state index is 0.101. The molecule has 0 bridgehead atoms. The van der Waals surface area contributed by atoms with Gasteiger partial charge in [0.15, 0.2) is 0 Å². The molecular formula is C20H18N2O2S. The van der Waals surface area contributed by atoms with E-state index in [1.54, 1.807) is 0 Å². The molecule has 0 saturated carbocycles.